The predicted octanol–water partition coefficient (Wildman–Crippen LogP) is 2.22. The number of hydrogen-bond donors (Lipinski definition) is 6. The van der Waals surface area contributed by atoms with E-state index in [0.717, 1.165) is 50.5 Å². The number of aliphatic hydroxyl groups excluding tert-OH is 5. The lowest BCUT2D eigenvalue weighted by Gasteiger charge is -2.63. The Morgan fingerprint density at radius 3 is 1.87 bits per heavy atom. The van der Waals surface area contributed by atoms with Crippen LogP contribution in [0.5, 0.6) is 0 Å². The second kappa shape index (κ2) is 15.1. The van der Waals surface area contributed by atoms with Gasteiger partial charge >= 0.3 is 5.97 Å². The van der Waals surface area contributed by atoms with Crippen LogP contribution in [0.3, 0.4) is 0 Å². The fraction of sp³-hybridized carbons (Fsp3) is 0.927. The number of rotatable bonds is 7. The minimum Gasteiger partial charge on any atom is -0.458 e. The molecular formula is C41H64O14. The molecule has 14 heteroatoms. The Morgan fingerprint density at radius 2 is 1.29 bits per heavy atom. The van der Waals surface area contributed by atoms with Gasteiger partial charge in [0.2, 0.25) is 0 Å². The lowest BCUT2D eigenvalue weighted by Crippen LogP contribution is -2.62. The van der Waals surface area contributed by atoms with Gasteiger partial charge in [0.1, 0.15) is 24.9 Å². The number of ether oxygens (including phenoxy) is 7. The van der Waals surface area contributed by atoms with Crippen molar-refractivity contribution in [2.45, 2.75) is 197 Å². The molecule has 312 valence electrons. The van der Waals surface area contributed by atoms with Crippen LogP contribution < -0.4 is 0 Å². The minimum absolute atomic E-state index is 0.0203. The highest BCUT2D eigenvalue weighted by atomic mass is 16.7. The van der Waals surface area contributed by atoms with E-state index in [4.69, 9.17) is 33.2 Å². The highest BCUT2D eigenvalue weighted by Gasteiger charge is 2.70. The maximum Gasteiger partial charge on any atom is 0.331 e. The first-order valence-electron chi connectivity index (χ1n) is 20.9. The molecule has 4 saturated carbocycles. The third-order valence-corrected chi connectivity index (χ3v) is 15.8. The molecule has 21 atom stereocenters. The quantitative estimate of drug-likeness (QED) is 0.162. The van der Waals surface area contributed by atoms with E-state index in [1.165, 1.54) is 6.08 Å². The van der Waals surface area contributed by atoms with Gasteiger partial charge in [-0.25, -0.2) is 4.79 Å². The van der Waals surface area contributed by atoms with E-state index in [2.05, 4.69) is 13.8 Å². The molecule has 8 aliphatic rings. The summed E-state index contributed by atoms with van der Waals surface area (Å²) in [5.74, 6) is 0.174. The molecular weight excluding hydrogens is 716 g/mol. The summed E-state index contributed by atoms with van der Waals surface area (Å²) in [6, 6.07) is 0. The zero-order valence-electron chi connectivity index (χ0n) is 32.9. The first-order valence-corrected chi connectivity index (χ1v) is 20.9. The largest absolute Gasteiger partial charge is 0.458 e. The van der Waals surface area contributed by atoms with Crippen molar-refractivity contribution in [2.75, 3.05) is 6.61 Å². The Balaban J connectivity index is 0.834. The molecule has 0 spiro atoms. The van der Waals surface area contributed by atoms with Gasteiger partial charge in [0.25, 0.3) is 0 Å². The summed E-state index contributed by atoms with van der Waals surface area (Å²) in [5, 5.41) is 66.3. The van der Waals surface area contributed by atoms with Crippen molar-refractivity contribution in [3.8, 4) is 0 Å². The van der Waals surface area contributed by atoms with E-state index in [9.17, 15) is 35.4 Å². The third kappa shape index (κ3) is 7.05. The molecule has 3 saturated heterocycles. The fourth-order valence-corrected chi connectivity index (χ4v) is 12.9. The van der Waals surface area contributed by atoms with Crippen molar-refractivity contribution in [2.24, 2.45) is 34.5 Å². The third-order valence-electron chi connectivity index (χ3n) is 15.8. The van der Waals surface area contributed by atoms with Crippen molar-refractivity contribution in [3.63, 3.8) is 0 Å². The van der Waals surface area contributed by atoms with Crippen LogP contribution in [0.4, 0.5) is 0 Å². The molecule has 0 aromatic heterocycles. The molecule has 0 aromatic carbocycles. The molecule has 1 unspecified atom stereocenters. The zero-order valence-corrected chi connectivity index (χ0v) is 32.9. The molecule has 8 rings (SSSR count). The second-order valence-electron chi connectivity index (χ2n) is 18.9. The fourth-order valence-electron chi connectivity index (χ4n) is 12.9. The predicted molar refractivity (Wildman–Crippen MR) is 193 cm³/mol. The lowest BCUT2D eigenvalue weighted by atomic mass is 9.43. The molecule has 6 N–H and O–H groups in total. The van der Waals surface area contributed by atoms with Gasteiger partial charge in [-0.3, -0.25) is 0 Å². The maximum atomic E-state index is 12.6. The molecule has 0 bridgehead atoms. The Kier molecular flexibility index (Phi) is 11.1. The van der Waals surface area contributed by atoms with Gasteiger partial charge in [-0.2, -0.15) is 0 Å². The number of esters is 1. The van der Waals surface area contributed by atoms with Crippen molar-refractivity contribution in [1.29, 1.82) is 0 Å². The van der Waals surface area contributed by atoms with Crippen LogP contribution in [-0.4, -0.2) is 135 Å². The van der Waals surface area contributed by atoms with Crippen LogP contribution in [0.15, 0.2) is 11.6 Å². The molecule has 7 fully saturated rings. The average Bonchev–Trinajstić information content (AvgIpc) is 3.62. The van der Waals surface area contributed by atoms with Crippen LogP contribution in [0.2, 0.25) is 0 Å². The van der Waals surface area contributed by atoms with Gasteiger partial charge in [0, 0.05) is 43.1 Å². The van der Waals surface area contributed by atoms with E-state index in [-0.39, 0.29) is 55.2 Å². The molecule has 0 aromatic rings. The van der Waals surface area contributed by atoms with Crippen molar-refractivity contribution in [1.82, 2.24) is 0 Å². The number of cyclic esters (lactones) is 1. The molecule has 4 heterocycles. The summed E-state index contributed by atoms with van der Waals surface area (Å²) in [4.78, 5) is 12.0. The van der Waals surface area contributed by atoms with Gasteiger partial charge in [0.05, 0.1) is 54.4 Å². The van der Waals surface area contributed by atoms with Crippen LogP contribution in [-0.2, 0) is 38.0 Å². The molecule has 0 radical (unpaired) electrons. The molecule has 4 aliphatic heterocycles. The molecule has 4 aliphatic carbocycles. The standard InChI is InChI=1S/C41H64O14/c1-19-36(47)27(42)14-33(50-19)54-38-21(3)52-34(16-29(38)44)55-37-20(2)51-32(15-28(37)43)53-24-8-10-39(4)23(13-24)6-7-26-25(39)9-11-40(5)35(22-12-31(46)49-18-22)30(45)17-41(26,40)48/h12,19-21,23-30,32-38,42-45,47-48H,6-11,13-18H2,1-5H3/t19-,20-,21-,23-,24+,25+,26-,27+,28+,29+,30+,32-,33-,34-,35+,36-,37-,38-,39+,40-,41?/m0/s1. The van der Waals surface area contributed by atoms with Crippen LogP contribution in [0.1, 0.15) is 105 Å². The van der Waals surface area contributed by atoms with Gasteiger partial charge in [-0.15, -0.1) is 0 Å². The topological polar surface area (TPSA) is 203 Å². The Hall–Kier alpha value is -1.27. The summed E-state index contributed by atoms with van der Waals surface area (Å²) in [5.41, 5.74) is -0.686. The number of hydrogen-bond acceptors (Lipinski definition) is 14. The van der Waals surface area contributed by atoms with Gasteiger partial charge in [-0.1, -0.05) is 13.8 Å². The number of fused-ring (bicyclic) bond motifs is 5. The molecule has 55 heavy (non-hydrogen) atoms. The molecule has 0 amide bonds. The van der Waals surface area contributed by atoms with Crippen LogP contribution in [0, 0.1) is 34.5 Å². The Morgan fingerprint density at radius 1 is 0.691 bits per heavy atom. The average molecular weight is 781 g/mol. The summed E-state index contributed by atoms with van der Waals surface area (Å²) >= 11 is 0. The number of carbonyl (C=O) groups excluding carboxylic acids is 1. The van der Waals surface area contributed by atoms with Crippen molar-refractivity contribution >= 4 is 5.97 Å². The van der Waals surface area contributed by atoms with Crippen LogP contribution >= 0.6 is 0 Å². The SMILES string of the molecule is C[C@@H]1O[C@@H](O[C@@H]2[C@H](O)C[C@H](O[C@@H]3[C@H](O)C[C@H](O[C@@H]4CC[C@]5(C)[C@@H](CC[C@H]6[C@H]5CC[C@@]5(C)[C@H](C7=CC(=O)OC7)[C@H](O)CC65O)C4)O[C@H]3C)O[C@H]2C)C[C@@H](O)[C@H]1O. The van der Waals surface area contributed by atoms with E-state index < -0.39 is 90.9 Å². The summed E-state index contributed by atoms with van der Waals surface area (Å²) in [6.07, 6.45) is -1.26. The van der Waals surface area contributed by atoms with Gasteiger partial charge in [0.15, 0.2) is 18.9 Å². The highest BCUT2D eigenvalue weighted by Crippen LogP contribution is 2.70. The van der Waals surface area contributed by atoms with Gasteiger partial charge in [-0.05, 0) is 94.5 Å². The van der Waals surface area contributed by atoms with E-state index in [1.807, 2.05) is 6.92 Å². The Labute approximate surface area is 323 Å². The highest BCUT2D eigenvalue weighted by molar-refractivity contribution is 5.85. The smallest absolute Gasteiger partial charge is 0.331 e. The number of aliphatic hydroxyl groups is 6. The van der Waals surface area contributed by atoms with Crippen molar-refractivity contribution < 1.29 is 68.6 Å². The van der Waals surface area contributed by atoms with E-state index >= 15 is 0 Å². The van der Waals surface area contributed by atoms with E-state index in [0.29, 0.717) is 18.3 Å². The summed E-state index contributed by atoms with van der Waals surface area (Å²) in [6.45, 7) is 9.98. The second-order valence-corrected chi connectivity index (χ2v) is 18.9. The van der Waals surface area contributed by atoms with Crippen molar-refractivity contribution in [3.05, 3.63) is 11.6 Å². The van der Waals surface area contributed by atoms with E-state index in [1.54, 1.807) is 13.8 Å². The summed E-state index contributed by atoms with van der Waals surface area (Å²) < 4.78 is 42.1. The maximum absolute atomic E-state index is 12.6. The first-order chi connectivity index (χ1) is 26.0. The lowest BCUT2D eigenvalue weighted by molar-refractivity contribution is -0.336. The first kappa shape index (κ1) is 40.5. The monoisotopic (exact) mass is 780 g/mol. The number of carbonyl (C=O) groups is 1. The Bertz CT molecular complexity index is 1410. The zero-order chi connectivity index (χ0) is 39.2. The normalized spacial score (nSPS) is 55.5. The summed E-state index contributed by atoms with van der Waals surface area (Å²) in [7, 11) is 0. The minimum atomic E-state index is -1.01. The van der Waals surface area contributed by atoms with Gasteiger partial charge < -0.3 is 63.8 Å². The molecule has 14 nitrogen and oxygen atoms in total. The van der Waals surface area contributed by atoms with Crippen LogP contribution in [0.25, 0.3) is 0 Å².